The highest BCUT2D eigenvalue weighted by Gasteiger charge is 2.25. The summed E-state index contributed by atoms with van der Waals surface area (Å²) in [6, 6.07) is 7.75. The van der Waals surface area contributed by atoms with Crippen LogP contribution in [-0.4, -0.2) is 27.5 Å². The molecular weight excluding hydrogens is 360 g/mol. The predicted molar refractivity (Wildman–Crippen MR) is 119 cm³/mol. The number of unbranched alkanes of at least 4 members (excludes halogenated alkanes) is 1. The van der Waals surface area contributed by atoms with Crippen LogP contribution in [0.3, 0.4) is 0 Å². The van der Waals surface area contributed by atoms with E-state index in [4.69, 9.17) is 0 Å². The molecule has 3 heteroatoms. The van der Waals surface area contributed by atoms with Crippen LogP contribution in [0.25, 0.3) is 0 Å². The largest absolute Gasteiger partial charge is 0.388 e. The Labute approximate surface area is 175 Å². The Morgan fingerprint density at radius 3 is 2.52 bits per heavy atom. The highest BCUT2D eigenvalue weighted by Crippen LogP contribution is 2.27. The SMILES string of the molecule is C=C1[C@H](O)C/C(=C\C=C\CCC[C@@H](C)C#Cc2ccccc2C(C)(C)O)C[C@@H]1O. The van der Waals surface area contributed by atoms with Crippen molar-refractivity contribution in [2.45, 2.75) is 70.7 Å². The van der Waals surface area contributed by atoms with Gasteiger partial charge in [0.1, 0.15) is 0 Å². The molecule has 1 saturated carbocycles. The number of benzene rings is 1. The first kappa shape index (κ1) is 23.2. The molecule has 3 N–H and O–H groups in total. The molecule has 1 aliphatic carbocycles. The van der Waals surface area contributed by atoms with Crippen LogP contribution in [0.1, 0.15) is 64.0 Å². The van der Waals surface area contributed by atoms with Crippen LogP contribution in [0.2, 0.25) is 0 Å². The zero-order valence-corrected chi connectivity index (χ0v) is 17.9. The first-order valence-corrected chi connectivity index (χ1v) is 10.4. The molecule has 0 aromatic heterocycles. The minimum atomic E-state index is -0.897. The Morgan fingerprint density at radius 1 is 1.21 bits per heavy atom. The van der Waals surface area contributed by atoms with Gasteiger partial charge in [-0.25, -0.2) is 0 Å². The fourth-order valence-electron chi connectivity index (χ4n) is 3.44. The van der Waals surface area contributed by atoms with Crippen LogP contribution in [-0.2, 0) is 5.60 Å². The van der Waals surface area contributed by atoms with Gasteiger partial charge in [0.05, 0.1) is 17.8 Å². The summed E-state index contributed by atoms with van der Waals surface area (Å²) in [6.45, 7) is 9.42. The zero-order chi connectivity index (χ0) is 21.4. The van der Waals surface area contributed by atoms with Gasteiger partial charge in [0, 0.05) is 11.5 Å². The summed E-state index contributed by atoms with van der Waals surface area (Å²) in [5.74, 6) is 6.82. The number of aliphatic hydroxyl groups is 3. The maximum Gasteiger partial charge on any atom is 0.0852 e. The van der Waals surface area contributed by atoms with E-state index in [0.717, 1.165) is 36.0 Å². The van der Waals surface area contributed by atoms with Gasteiger partial charge in [-0.3, -0.25) is 0 Å². The fraction of sp³-hybridized carbons (Fsp3) is 0.462. The molecule has 3 atom stereocenters. The maximum absolute atomic E-state index is 10.3. The van der Waals surface area contributed by atoms with Gasteiger partial charge in [0.15, 0.2) is 0 Å². The van der Waals surface area contributed by atoms with Crippen LogP contribution < -0.4 is 0 Å². The zero-order valence-electron chi connectivity index (χ0n) is 17.9. The van der Waals surface area contributed by atoms with E-state index in [-0.39, 0.29) is 5.92 Å². The molecule has 0 spiro atoms. The standard InChI is InChI=1S/C26H34O3/c1-19(15-16-22-13-9-10-14-23(22)26(3,4)29)11-7-5-6-8-12-21-17-24(27)20(2)25(28)18-21/h6,8-10,12-14,19,24-25,27-29H,2,5,7,11,17-18H2,1,3-4H3/b8-6+,21-12-/t19-,24+,25-/m1/s1. The first-order chi connectivity index (χ1) is 13.7. The number of aliphatic hydroxyl groups excluding tert-OH is 2. The normalized spacial score (nSPS) is 22.6. The number of hydrogen-bond donors (Lipinski definition) is 3. The molecule has 1 fully saturated rings. The molecule has 0 unspecified atom stereocenters. The molecule has 0 amide bonds. The van der Waals surface area contributed by atoms with Gasteiger partial charge >= 0.3 is 0 Å². The van der Waals surface area contributed by atoms with Crippen molar-refractivity contribution in [3.63, 3.8) is 0 Å². The van der Waals surface area contributed by atoms with E-state index < -0.39 is 17.8 Å². The minimum absolute atomic E-state index is 0.284. The lowest BCUT2D eigenvalue weighted by Crippen LogP contribution is -2.27. The van der Waals surface area contributed by atoms with Crippen molar-refractivity contribution < 1.29 is 15.3 Å². The van der Waals surface area contributed by atoms with Crippen molar-refractivity contribution in [3.05, 3.63) is 71.3 Å². The van der Waals surface area contributed by atoms with Crippen LogP contribution in [0.4, 0.5) is 0 Å². The maximum atomic E-state index is 10.3. The van der Waals surface area contributed by atoms with Crippen LogP contribution >= 0.6 is 0 Å². The molecule has 0 aliphatic heterocycles. The number of rotatable bonds is 6. The lowest BCUT2D eigenvalue weighted by Gasteiger charge is -2.27. The predicted octanol–water partition coefficient (Wildman–Crippen LogP) is 4.63. The van der Waals surface area contributed by atoms with Gasteiger partial charge in [0.2, 0.25) is 0 Å². The Balaban J connectivity index is 1.80. The monoisotopic (exact) mass is 394 g/mol. The molecule has 0 saturated heterocycles. The number of hydrogen-bond acceptors (Lipinski definition) is 3. The van der Waals surface area contributed by atoms with E-state index in [0.29, 0.717) is 18.4 Å². The summed E-state index contributed by atoms with van der Waals surface area (Å²) >= 11 is 0. The third-order valence-electron chi connectivity index (χ3n) is 5.28. The topological polar surface area (TPSA) is 60.7 Å². The molecule has 29 heavy (non-hydrogen) atoms. The third kappa shape index (κ3) is 7.33. The molecule has 0 heterocycles. The second-order valence-corrected chi connectivity index (χ2v) is 8.47. The first-order valence-electron chi connectivity index (χ1n) is 10.4. The van der Waals surface area contributed by atoms with Gasteiger partial charge < -0.3 is 15.3 Å². The Kier molecular flexibility index (Phi) is 8.46. The molecule has 1 aliphatic rings. The summed E-state index contributed by atoms with van der Waals surface area (Å²) < 4.78 is 0. The molecule has 3 nitrogen and oxygen atoms in total. The van der Waals surface area contributed by atoms with Gasteiger partial charge in [-0.1, -0.05) is 67.3 Å². The summed E-state index contributed by atoms with van der Waals surface area (Å²) in [6.07, 6.45) is 8.98. The quantitative estimate of drug-likeness (QED) is 0.375. The molecule has 156 valence electrons. The molecular formula is C26H34O3. The Morgan fingerprint density at radius 2 is 1.86 bits per heavy atom. The van der Waals surface area contributed by atoms with Gasteiger partial charge in [-0.15, -0.1) is 0 Å². The van der Waals surface area contributed by atoms with E-state index in [1.165, 1.54) is 0 Å². The summed E-state index contributed by atoms with van der Waals surface area (Å²) in [5, 5.41) is 30.0. The van der Waals surface area contributed by atoms with E-state index in [1.807, 2.05) is 36.4 Å². The van der Waals surface area contributed by atoms with Crippen molar-refractivity contribution in [3.8, 4) is 11.8 Å². The van der Waals surface area contributed by atoms with Gasteiger partial charge in [-0.2, -0.15) is 0 Å². The minimum Gasteiger partial charge on any atom is -0.388 e. The van der Waals surface area contributed by atoms with Gasteiger partial charge in [-0.05, 0) is 63.2 Å². The summed E-state index contributed by atoms with van der Waals surface area (Å²) in [4.78, 5) is 0. The summed E-state index contributed by atoms with van der Waals surface area (Å²) in [7, 11) is 0. The van der Waals surface area contributed by atoms with Crippen molar-refractivity contribution in [1.29, 1.82) is 0 Å². The van der Waals surface area contributed by atoms with Crippen molar-refractivity contribution in [2.24, 2.45) is 5.92 Å². The van der Waals surface area contributed by atoms with Crippen LogP contribution in [0.15, 0.2) is 60.2 Å². The van der Waals surface area contributed by atoms with Crippen molar-refractivity contribution in [2.75, 3.05) is 0 Å². The highest BCUT2D eigenvalue weighted by molar-refractivity contribution is 5.44. The van der Waals surface area contributed by atoms with Crippen LogP contribution in [0.5, 0.6) is 0 Å². The van der Waals surface area contributed by atoms with E-state index in [9.17, 15) is 15.3 Å². The summed E-state index contributed by atoms with van der Waals surface area (Å²) in [5.41, 5.74) is 2.42. The Hall–Kier alpha value is -2.12. The molecule has 1 aromatic rings. The smallest absolute Gasteiger partial charge is 0.0852 e. The molecule has 0 bridgehead atoms. The Bertz CT molecular complexity index is 798. The van der Waals surface area contributed by atoms with Gasteiger partial charge in [0.25, 0.3) is 0 Å². The lowest BCUT2D eigenvalue weighted by molar-refractivity contribution is 0.0783. The second kappa shape index (κ2) is 10.6. The molecule has 0 radical (unpaired) electrons. The molecule has 1 aromatic carbocycles. The lowest BCUT2D eigenvalue weighted by atomic mass is 9.86. The van der Waals surface area contributed by atoms with E-state index in [2.05, 4.69) is 31.4 Å². The van der Waals surface area contributed by atoms with Crippen LogP contribution in [0, 0.1) is 17.8 Å². The van der Waals surface area contributed by atoms with E-state index >= 15 is 0 Å². The molecule has 2 rings (SSSR count). The average molecular weight is 395 g/mol. The fourth-order valence-corrected chi connectivity index (χ4v) is 3.44. The third-order valence-corrected chi connectivity index (χ3v) is 5.28. The van der Waals surface area contributed by atoms with Crippen molar-refractivity contribution >= 4 is 0 Å². The van der Waals surface area contributed by atoms with E-state index in [1.54, 1.807) is 13.8 Å². The number of allylic oxidation sites excluding steroid dienone is 3. The second-order valence-electron chi connectivity index (χ2n) is 8.47. The highest BCUT2D eigenvalue weighted by atomic mass is 16.3. The average Bonchev–Trinajstić information content (AvgIpc) is 2.66. The van der Waals surface area contributed by atoms with Crippen molar-refractivity contribution in [1.82, 2.24) is 0 Å².